The van der Waals surface area contributed by atoms with Crippen LogP contribution in [0, 0.1) is 0 Å². The van der Waals surface area contributed by atoms with Crippen molar-refractivity contribution in [3.8, 4) is 5.75 Å². The van der Waals surface area contributed by atoms with Crippen molar-refractivity contribution in [1.82, 2.24) is 4.72 Å². The second kappa shape index (κ2) is 6.18. The van der Waals surface area contributed by atoms with E-state index in [4.69, 9.17) is 5.11 Å². The van der Waals surface area contributed by atoms with Gasteiger partial charge in [-0.05, 0) is 19.1 Å². The van der Waals surface area contributed by atoms with Gasteiger partial charge in [0.05, 0.1) is 12.2 Å². The molecule has 0 aromatic heterocycles. The standard InChI is InChI=1S/C11H14F3NO5S/c1-10(17,7-16)6-15-21(18,19)9-5-3-2-4-8(9)20-11(12,13)14/h2-5,15-17H,6-7H2,1H3. The van der Waals surface area contributed by atoms with E-state index in [1.54, 1.807) is 0 Å². The zero-order valence-electron chi connectivity index (χ0n) is 10.9. The molecule has 1 aromatic carbocycles. The summed E-state index contributed by atoms with van der Waals surface area (Å²) in [7, 11) is -4.35. The summed E-state index contributed by atoms with van der Waals surface area (Å²) in [6.45, 7) is -0.143. The summed E-state index contributed by atoms with van der Waals surface area (Å²) >= 11 is 0. The Morgan fingerprint density at radius 1 is 1.29 bits per heavy atom. The first-order valence-electron chi connectivity index (χ1n) is 5.64. The molecule has 1 unspecified atom stereocenters. The first-order valence-corrected chi connectivity index (χ1v) is 7.13. The van der Waals surface area contributed by atoms with Crippen molar-refractivity contribution in [3.05, 3.63) is 24.3 Å². The maximum absolute atomic E-state index is 12.2. The maximum Gasteiger partial charge on any atom is 0.573 e. The average molecular weight is 329 g/mol. The molecule has 0 aliphatic carbocycles. The van der Waals surface area contributed by atoms with Crippen LogP contribution in [0.3, 0.4) is 0 Å². The third-order valence-corrected chi connectivity index (χ3v) is 3.79. The largest absolute Gasteiger partial charge is 0.573 e. The van der Waals surface area contributed by atoms with E-state index in [0.717, 1.165) is 19.1 Å². The fourth-order valence-corrected chi connectivity index (χ4v) is 2.55. The molecule has 1 rings (SSSR count). The number of para-hydroxylation sites is 1. The summed E-state index contributed by atoms with van der Waals surface area (Å²) in [4.78, 5) is -0.726. The Kier molecular flexibility index (Phi) is 5.20. The van der Waals surface area contributed by atoms with E-state index in [1.165, 1.54) is 12.1 Å². The number of hydrogen-bond donors (Lipinski definition) is 3. The van der Waals surface area contributed by atoms with Gasteiger partial charge in [0.2, 0.25) is 10.0 Å². The molecular weight excluding hydrogens is 315 g/mol. The molecule has 0 saturated heterocycles. The van der Waals surface area contributed by atoms with Crippen LogP contribution in [0.4, 0.5) is 13.2 Å². The minimum absolute atomic E-state index is 0.577. The number of nitrogens with one attached hydrogen (secondary N) is 1. The molecule has 1 atom stereocenters. The van der Waals surface area contributed by atoms with E-state index in [2.05, 4.69) is 4.74 Å². The van der Waals surface area contributed by atoms with Crippen molar-refractivity contribution in [3.63, 3.8) is 0 Å². The number of alkyl halides is 3. The van der Waals surface area contributed by atoms with Gasteiger partial charge in [0.25, 0.3) is 0 Å². The van der Waals surface area contributed by atoms with E-state index in [0.29, 0.717) is 0 Å². The molecule has 0 fully saturated rings. The van der Waals surface area contributed by atoms with Crippen molar-refractivity contribution in [1.29, 1.82) is 0 Å². The van der Waals surface area contributed by atoms with E-state index < -0.39 is 45.8 Å². The lowest BCUT2D eigenvalue weighted by atomic mass is 10.1. The van der Waals surface area contributed by atoms with Gasteiger partial charge in [-0.3, -0.25) is 0 Å². The number of rotatable bonds is 6. The lowest BCUT2D eigenvalue weighted by molar-refractivity contribution is -0.275. The molecule has 0 aliphatic rings. The van der Waals surface area contributed by atoms with Crippen molar-refractivity contribution >= 4 is 10.0 Å². The van der Waals surface area contributed by atoms with Crippen LogP contribution in [0.5, 0.6) is 5.75 Å². The predicted octanol–water partition coefficient (Wildman–Crippen LogP) is 0.607. The molecule has 0 amide bonds. The van der Waals surface area contributed by atoms with Crippen LogP contribution in [0.2, 0.25) is 0 Å². The first-order chi connectivity index (χ1) is 9.47. The molecule has 21 heavy (non-hydrogen) atoms. The second-order valence-electron chi connectivity index (χ2n) is 4.47. The van der Waals surface area contributed by atoms with Gasteiger partial charge in [-0.25, -0.2) is 13.1 Å². The molecule has 10 heteroatoms. The van der Waals surface area contributed by atoms with Crippen molar-refractivity contribution < 1.29 is 36.5 Å². The minimum atomic E-state index is -5.04. The van der Waals surface area contributed by atoms with Crippen LogP contribution in [0.1, 0.15) is 6.92 Å². The summed E-state index contributed by atoms with van der Waals surface area (Å²) in [6.07, 6.45) is -5.04. The Bertz CT molecular complexity index is 586. The third kappa shape index (κ3) is 5.50. The number of benzene rings is 1. The van der Waals surface area contributed by atoms with Gasteiger partial charge in [0, 0.05) is 6.54 Å². The lowest BCUT2D eigenvalue weighted by Gasteiger charge is -2.21. The summed E-state index contributed by atoms with van der Waals surface area (Å²) in [6, 6.07) is 4.19. The van der Waals surface area contributed by atoms with Crippen molar-refractivity contribution in [2.24, 2.45) is 0 Å². The van der Waals surface area contributed by atoms with Crippen LogP contribution in [0.25, 0.3) is 0 Å². The topological polar surface area (TPSA) is 95.9 Å². The quantitative estimate of drug-likeness (QED) is 0.710. The molecule has 0 saturated carbocycles. The van der Waals surface area contributed by atoms with Crippen molar-refractivity contribution in [2.45, 2.75) is 23.8 Å². The summed E-state index contributed by atoms with van der Waals surface area (Å²) in [5, 5.41) is 18.3. The summed E-state index contributed by atoms with van der Waals surface area (Å²) in [5.74, 6) is -0.888. The average Bonchev–Trinajstić information content (AvgIpc) is 2.35. The molecule has 0 bridgehead atoms. The number of aliphatic hydroxyl groups excluding tert-OH is 1. The van der Waals surface area contributed by atoms with Crippen LogP contribution in [-0.2, 0) is 10.0 Å². The monoisotopic (exact) mass is 329 g/mol. The number of ether oxygens (including phenoxy) is 1. The predicted molar refractivity (Wildman–Crippen MR) is 66.0 cm³/mol. The van der Waals surface area contributed by atoms with Crippen LogP contribution in [0.15, 0.2) is 29.2 Å². The summed E-state index contributed by atoms with van der Waals surface area (Å²) in [5.41, 5.74) is -1.74. The lowest BCUT2D eigenvalue weighted by Crippen LogP contribution is -2.43. The maximum atomic E-state index is 12.2. The molecule has 0 heterocycles. The SMILES string of the molecule is CC(O)(CO)CNS(=O)(=O)c1ccccc1OC(F)(F)F. The van der Waals surface area contributed by atoms with Gasteiger partial charge in [-0.2, -0.15) is 0 Å². The molecule has 120 valence electrons. The van der Waals surface area contributed by atoms with Gasteiger partial charge >= 0.3 is 6.36 Å². The van der Waals surface area contributed by atoms with Gasteiger partial charge in [0.15, 0.2) is 0 Å². The van der Waals surface area contributed by atoms with Crippen LogP contribution in [-0.4, -0.2) is 43.7 Å². The molecule has 6 nitrogen and oxygen atoms in total. The Hall–Kier alpha value is -1.36. The zero-order valence-corrected chi connectivity index (χ0v) is 11.7. The normalized spacial score (nSPS) is 15.5. The van der Waals surface area contributed by atoms with Crippen LogP contribution < -0.4 is 9.46 Å². The Balaban J connectivity index is 3.04. The Morgan fingerprint density at radius 2 is 1.86 bits per heavy atom. The van der Waals surface area contributed by atoms with E-state index in [9.17, 15) is 26.7 Å². The first kappa shape index (κ1) is 17.7. The molecule has 0 radical (unpaired) electrons. The molecule has 1 aromatic rings. The highest BCUT2D eigenvalue weighted by atomic mass is 32.2. The third-order valence-electron chi connectivity index (χ3n) is 2.35. The Labute approximate surface area is 119 Å². The smallest absolute Gasteiger partial charge is 0.404 e. The number of hydrogen-bond acceptors (Lipinski definition) is 5. The molecular formula is C11H14F3NO5S. The highest BCUT2D eigenvalue weighted by Crippen LogP contribution is 2.29. The molecule has 3 N–H and O–H groups in total. The second-order valence-corrected chi connectivity index (χ2v) is 6.21. The molecule has 0 spiro atoms. The summed E-state index contributed by atoms with van der Waals surface area (Å²) < 4.78 is 66.1. The van der Waals surface area contributed by atoms with Gasteiger partial charge in [-0.15, -0.1) is 13.2 Å². The highest BCUT2D eigenvalue weighted by Gasteiger charge is 2.34. The van der Waals surface area contributed by atoms with Crippen LogP contribution >= 0.6 is 0 Å². The zero-order chi connectivity index (χ0) is 16.3. The van der Waals surface area contributed by atoms with E-state index in [1.807, 2.05) is 4.72 Å². The van der Waals surface area contributed by atoms with Gasteiger partial charge in [-0.1, -0.05) is 12.1 Å². The number of sulfonamides is 1. The van der Waals surface area contributed by atoms with E-state index >= 15 is 0 Å². The highest BCUT2D eigenvalue weighted by molar-refractivity contribution is 7.89. The minimum Gasteiger partial charge on any atom is -0.404 e. The number of aliphatic hydroxyl groups is 2. The van der Waals surface area contributed by atoms with Gasteiger partial charge < -0.3 is 14.9 Å². The van der Waals surface area contributed by atoms with Crippen molar-refractivity contribution in [2.75, 3.05) is 13.2 Å². The fourth-order valence-electron chi connectivity index (χ4n) is 1.27. The molecule has 0 aliphatic heterocycles. The fraction of sp³-hybridized carbons (Fsp3) is 0.455. The van der Waals surface area contributed by atoms with Gasteiger partial charge in [0.1, 0.15) is 10.6 Å². The Morgan fingerprint density at radius 3 is 2.38 bits per heavy atom. The number of halogens is 3. The van der Waals surface area contributed by atoms with E-state index in [-0.39, 0.29) is 0 Å².